The molecule has 0 amide bonds. The minimum Gasteiger partial charge on any atom is -0.329 e. The second-order valence-corrected chi connectivity index (χ2v) is 4.38. The van der Waals surface area contributed by atoms with E-state index in [2.05, 4.69) is 11.2 Å². The molecule has 3 N–H and O–H groups in total. The van der Waals surface area contributed by atoms with Gasteiger partial charge in [0.05, 0.1) is 12.5 Å². The van der Waals surface area contributed by atoms with E-state index in [-0.39, 0.29) is 25.9 Å². The van der Waals surface area contributed by atoms with Crippen molar-refractivity contribution in [3.63, 3.8) is 0 Å². The third-order valence-corrected chi connectivity index (χ3v) is 3.26. The quantitative estimate of drug-likeness (QED) is 0.729. The van der Waals surface area contributed by atoms with E-state index in [4.69, 9.17) is 12.2 Å². The Balaban J connectivity index is 2.69. The van der Waals surface area contributed by atoms with Gasteiger partial charge in [-0.3, -0.25) is 5.32 Å². The average Bonchev–Trinajstić information content (AvgIpc) is 2.25. The van der Waals surface area contributed by atoms with Crippen LogP contribution < -0.4 is 11.1 Å². The maximum atomic E-state index is 12.6. The first-order valence-electron chi connectivity index (χ1n) is 5.39. The monoisotopic (exact) mass is 234 g/mol. The zero-order valence-corrected chi connectivity index (χ0v) is 9.11. The fourth-order valence-corrected chi connectivity index (χ4v) is 2.30. The van der Waals surface area contributed by atoms with Crippen molar-refractivity contribution in [3.8, 4) is 12.3 Å². The number of halogens is 3. The first kappa shape index (κ1) is 13.3. The molecule has 1 fully saturated rings. The number of nitrogens with one attached hydrogen (secondary N) is 1. The summed E-state index contributed by atoms with van der Waals surface area (Å²) in [5.41, 5.74) is 4.95. The largest absolute Gasteiger partial charge is 0.391 e. The van der Waals surface area contributed by atoms with Crippen molar-refractivity contribution in [2.45, 2.75) is 37.4 Å². The highest BCUT2D eigenvalue weighted by molar-refractivity contribution is 4.99. The smallest absolute Gasteiger partial charge is 0.329 e. The van der Waals surface area contributed by atoms with Gasteiger partial charge in [-0.2, -0.15) is 13.2 Å². The maximum absolute atomic E-state index is 12.6. The van der Waals surface area contributed by atoms with Gasteiger partial charge in [0, 0.05) is 12.1 Å². The maximum Gasteiger partial charge on any atom is 0.391 e. The van der Waals surface area contributed by atoms with Gasteiger partial charge in [0.15, 0.2) is 0 Å². The van der Waals surface area contributed by atoms with Crippen molar-refractivity contribution in [1.82, 2.24) is 5.32 Å². The second kappa shape index (κ2) is 5.07. The van der Waals surface area contributed by atoms with E-state index in [1.165, 1.54) is 0 Å². The Morgan fingerprint density at radius 2 is 2.19 bits per heavy atom. The molecule has 2 unspecified atom stereocenters. The summed E-state index contributed by atoms with van der Waals surface area (Å²) in [6.07, 6.45) is 2.42. The molecule has 5 heteroatoms. The lowest BCUT2D eigenvalue weighted by molar-refractivity contribution is -0.187. The van der Waals surface area contributed by atoms with Gasteiger partial charge in [-0.05, 0) is 19.3 Å². The number of hydrogen-bond donors (Lipinski definition) is 2. The topological polar surface area (TPSA) is 38.0 Å². The molecular weight excluding hydrogens is 217 g/mol. The minimum atomic E-state index is -4.13. The average molecular weight is 234 g/mol. The minimum absolute atomic E-state index is 0.0364. The second-order valence-electron chi connectivity index (χ2n) is 4.38. The Bertz CT molecular complexity index is 269. The summed E-state index contributed by atoms with van der Waals surface area (Å²) in [6, 6.07) is 0. The highest BCUT2D eigenvalue weighted by Gasteiger charge is 2.46. The molecule has 16 heavy (non-hydrogen) atoms. The van der Waals surface area contributed by atoms with Crippen LogP contribution in [0.4, 0.5) is 13.2 Å². The highest BCUT2D eigenvalue weighted by atomic mass is 19.4. The van der Waals surface area contributed by atoms with Gasteiger partial charge < -0.3 is 5.73 Å². The van der Waals surface area contributed by atoms with Crippen molar-refractivity contribution in [2.75, 3.05) is 13.1 Å². The molecule has 0 aromatic heterocycles. The molecule has 2 atom stereocenters. The van der Waals surface area contributed by atoms with Crippen molar-refractivity contribution >= 4 is 0 Å². The fraction of sp³-hybridized carbons (Fsp3) is 0.818. The molecule has 0 radical (unpaired) electrons. The van der Waals surface area contributed by atoms with Gasteiger partial charge in [0.2, 0.25) is 0 Å². The number of rotatable bonds is 3. The number of terminal acetylenes is 1. The Hall–Kier alpha value is -0.730. The van der Waals surface area contributed by atoms with Crippen LogP contribution in [0.5, 0.6) is 0 Å². The van der Waals surface area contributed by atoms with Crippen LogP contribution in [0.3, 0.4) is 0 Å². The van der Waals surface area contributed by atoms with Crippen LogP contribution in [0, 0.1) is 18.3 Å². The third-order valence-electron chi connectivity index (χ3n) is 3.26. The number of nitrogens with two attached hydrogens (primary N) is 1. The van der Waals surface area contributed by atoms with Crippen LogP contribution in [-0.4, -0.2) is 24.8 Å². The highest BCUT2D eigenvalue weighted by Crippen LogP contribution is 2.41. The number of hydrogen-bond acceptors (Lipinski definition) is 2. The van der Waals surface area contributed by atoms with Crippen LogP contribution >= 0.6 is 0 Å². The molecule has 1 aliphatic rings. The van der Waals surface area contributed by atoms with Crippen molar-refractivity contribution in [1.29, 1.82) is 0 Å². The van der Waals surface area contributed by atoms with Gasteiger partial charge in [-0.1, -0.05) is 12.3 Å². The van der Waals surface area contributed by atoms with E-state index in [9.17, 15) is 13.2 Å². The van der Waals surface area contributed by atoms with Crippen LogP contribution in [0.15, 0.2) is 0 Å². The summed E-state index contributed by atoms with van der Waals surface area (Å²) in [6.45, 7) is 0.461. The molecule has 0 aliphatic heterocycles. The summed E-state index contributed by atoms with van der Waals surface area (Å²) in [4.78, 5) is 0. The summed E-state index contributed by atoms with van der Waals surface area (Å²) in [7, 11) is 0. The van der Waals surface area contributed by atoms with E-state index >= 15 is 0 Å². The van der Waals surface area contributed by atoms with E-state index in [0.29, 0.717) is 12.8 Å². The normalized spacial score (nSPS) is 31.1. The lowest BCUT2D eigenvalue weighted by Crippen LogP contribution is -2.55. The Morgan fingerprint density at radius 3 is 2.69 bits per heavy atom. The van der Waals surface area contributed by atoms with Gasteiger partial charge >= 0.3 is 6.18 Å². The molecule has 0 heterocycles. The van der Waals surface area contributed by atoms with Crippen molar-refractivity contribution in [2.24, 2.45) is 11.7 Å². The molecule has 2 nitrogen and oxygen atoms in total. The van der Waals surface area contributed by atoms with Crippen molar-refractivity contribution in [3.05, 3.63) is 0 Å². The van der Waals surface area contributed by atoms with E-state index < -0.39 is 17.6 Å². The predicted molar refractivity (Wildman–Crippen MR) is 56.6 cm³/mol. The SMILES string of the molecule is C#CCNC1(CN)CCCC(C(F)(F)F)C1. The molecule has 1 saturated carbocycles. The summed E-state index contributed by atoms with van der Waals surface area (Å²) in [5.74, 6) is 1.13. The zero-order chi connectivity index (χ0) is 12.2. The van der Waals surface area contributed by atoms with Crippen molar-refractivity contribution < 1.29 is 13.2 Å². The molecule has 0 aromatic rings. The zero-order valence-electron chi connectivity index (χ0n) is 9.11. The van der Waals surface area contributed by atoms with Crippen LogP contribution in [0.2, 0.25) is 0 Å². The van der Waals surface area contributed by atoms with E-state index in [0.717, 1.165) is 0 Å². The molecule has 1 aliphatic carbocycles. The van der Waals surface area contributed by atoms with Gasteiger partial charge in [0.25, 0.3) is 0 Å². The summed E-state index contributed by atoms with van der Waals surface area (Å²) < 4.78 is 37.9. The van der Waals surface area contributed by atoms with Gasteiger partial charge in [0.1, 0.15) is 0 Å². The van der Waals surface area contributed by atoms with Gasteiger partial charge in [-0.15, -0.1) is 6.42 Å². The van der Waals surface area contributed by atoms with E-state index in [1.807, 2.05) is 0 Å². The van der Waals surface area contributed by atoms with Crippen LogP contribution in [-0.2, 0) is 0 Å². The number of alkyl halides is 3. The molecule has 1 rings (SSSR count). The first-order valence-corrected chi connectivity index (χ1v) is 5.39. The predicted octanol–water partition coefficient (Wildman–Crippen LogP) is 1.66. The lowest BCUT2D eigenvalue weighted by Gasteiger charge is -2.41. The van der Waals surface area contributed by atoms with Crippen LogP contribution in [0.25, 0.3) is 0 Å². The molecular formula is C11H17F3N2. The Kier molecular flexibility index (Phi) is 4.22. The van der Waals surface area contributed by atoms with E-state index in [1.54, 1.807) is 0 Å². The molecule has 92 valence electrons. The lowest BCUT2D eigenvalue weighted by atomic mass is 9.75. The van der Waals surface area contributed by atoms with Gasteiger partial charge in [-0.25, -0.2) is 0 Å². The third kappa shape index (κ3) is 3.13. The molecule has 0 saturated heterocycles. The standard InChI is InChI=1S/C11H17F3N2/c1-2-6-16-10(8-15)5-3-4-9(7-10)11(12,13)14/h1,9,16H,3-8,15H2. The summed E-state index contributed by atoms with van der Waals surface area (Å²) >= 11 is 0. The first-order chi connectivity index (χ1) is 7.43. The Morgan fingerprint density at radius 1 is 1.50 bits per heavy atom. The molecule has 0 aromatic carbocycles. The van der Waals surface area contributed by atoms with Crippen LogP contribution in [0.1, 0.15) is 25.7 Å². The molecule has 0 spiro atoms. The molecule has 0 bridgehead atoms. The summed E-state index contributed by atoms with van der Waals surface area (Å²) in [5, 5.41) is 2.98. The fourth-order valence-electron chi connectivity index (χ4n) is 2.30. The Labute approximate surface area is 93.8 Å².